The molecule has 5 nitrogen and oxygen atoms in total. The van der Waals surface area contributed by atoms with E-state index in [9.17, 15) is 2.74 Å². The Bertz CT molecular complexity index is 5500. The number of aryl methyl sites for hydroxylation is 1. The van der Waals surface area contributed by atoms with E-state index in [1.54, 1.807) is 16.7 Å². The summed E-state index contributed by atoms with van der Waals surface area (Å²) in [4.78, 5) is 4.78. The summed E-state index contributed by atoms with van der Waals surface area (Å²) in [6.45, 7) is 30.2. The quantitative estimate of drug-likeness (QED) is 0.101. The van der Waals surface area contributed by atoms with Crippen LogP contribution in [0.15, 0.2) is 218 Å². The van der Waals surface area contributed by atoms with Crippen molar-refractivity contribution in [2.45, 2.75) is 138 Å². The Morgan fingerprint density at radius 2 is 0.989 bits per heavy atom. The van der Waals surface area contributed by atoms with Gasteiger partial charge < -0.3 is 13.9 Å². The SMILES string of the molecule is [2H]c1c([2H])c([2H])c(-c2cc(-c3cc(C(C)(C)C)cc(C(C)(C)C)c3)c(-[n+]3[c-]n(-c4[c-]c(Oc5[c-]c6c(cc5)c5ccccc5n6-c5cc(C([2H])([2H])[2H])c(-c6c([2H])c([2H])c([2H])c([2H])c6[2H])cn5)ccc4)c4cc(-c5ccc(C(C)(C)C)cc5)ccc43)c(-c3cc(C(C)(C)C)cc(C(C)(C)C)c3)c2)c([2H])c1[2H].[Pt]. The second-order valence-corrected chi connectivity index (χ2v) is 29.3. The molecule has 3 aromatic heterocycles. The minimum atomic E-state index is -2.82. The molecule has 0 saturated carbocycles. The van der Waals surface area contributed by atoms with Crippen molar-refractivity contribution in [2.24, 2.45) is 0 Å². The van der Waals surface area contributed by atoms with E-state index in [0.717, 1.165) is 83.1 Å². The van der Waals surface area contributed by atoms with Crippen LogP contribution < -0.4 is 9.30 Å². The van der Waals surface area contributed by atoms with Crippen molar-refractivity contribution >= 4 is 32.8 Å². The Balaban J connectivity index is 0.0000105. The molecular weight excluding hydrogens is 1310 g/mol. The van der Waals surface area contributed by atoms with Crippen LogP contribution in [0.4, 0.5) is 0 Å². The predicted molar refractivity (Wildman–Crippen MR) is 385 cm³/mol. The van der Waals surface area contributed by atoms with Crippen LogP contribution >= 0.6 is 0 Å². The molecule has 13 aromatic rings. The number of aromatic nitrogens is 4. The summed E-state index contributed by atoms with van der Waals surface area (Å²) < 4.78 is 128. The van der Waals surface area contributed by atoms with Crippen molar-refractivity contribution in [1.82, 2.24) is 14.1 Å². The fraction of sp³-hybridized carbons (Fsp3) is 0.241. The molecule has 93 heavy (non-hydrogen) atoms. The zero-order chi connectivity index (χ0) is 76.0. The van der Waals surface area contributed by atoms with Crippen LogP contribution in [0.5, 0.6) is 11.5 Å². The largest absolute Gasteiger partial charge is 0.510 e. The van der Waals surface area contributed by atoms with Crippen molar-refractivity contribution in [1.29, 1.82) is 0 Å². The molecule has 0 aliphatic carbocycles. The number of benzene rings is 10. The monoisotopic (exact) mass is 1410 g/mol. The van der Waals surface area contributed by atoms with Gasteiger partial charge in [0.15, 0.2) is 0 Å². The van der Waals surface area contributed by atoms with E-state index in [2.05, 4.69) is 206 Å². The Labute approximate surface area is 584 Å². The maximum absolute atomic E-state index is 9.57. The second-order valence-electron chi connectivity index (χ2n) is 29.3. The first-order valence-electron chi connectivity index (χ1n) is 37.9. The van der Waals surface area contributed by atoms with Crippen molar-refractivity contribution in [3.63, 3.8) is 0 Å². The first kappa shape index (κ1) is 49.7. The number of hydrogen-bond donors (Lipinski definition) is 0. The molecule has 0 radical (unpaired) electrons. The number of ether oxygens (including phenoxy) is 1. The van der Waals surface area contributed by atoms with Gasteiger partial charge in [0.1, 0.15) is 5.82 Å². The summed E-state index contributed by atoms with van der Waals surface area (Å²) in [5, 5.41) is 1.57. The molecule has 13 rings (SSSR count). The fourth-order valence-electron chi connectivity index (χ4n) is 12.0. The first-order chi connectivity index (χ1) is 49.0. The van der Waals surface area contributed by atoms with Crippen LogP contribution in [-0.4, -0.2) is 14.1 Å². The van der Waals surface area contributed by atoms with Crippen LogP contribution in [0, 0.1) is 25.3 Å². The molecule has 3 heterocycles. The Kier molecular flexibility index (Phi) is 12.9. The van der Waals surface area contributed by atoms with Crippen LogP contribution in [0.1, 0.15) is 155 Å². The normalized spacial score (nSPS) is 14.5. The van der Waals surface area contributed by atoms with Gasteiger partial charge in [-0.2, -0.15) is 18.2 Å². The molecule has 0 bridgehead atoms. The number of hydrogen-bond acceptors (Lipinski definition) is 2. The van der Waals surface area contributed by atoms with E-state index in [1.807, 2.05) is 59.2 Å². The molecular formula is C87H84N4OPt-2. The van der Waals surface area contributed by atoms with Gasteiger partial charge >= 0.3 is 0 Å². The number of rotatable bonds is 10. The van der Waals surface area contributed by atoms with Gasteiger partial charge in [0, 0.05) is 54.0 Å². The maximum atomic E-state index is 9.57. The standard InChI is InChI=1S/C87H84N4O.Pt/c1-56-42-81(88-54-76(56)59-28-21-18-22-29-59)91-77-33-24-23-32-72(77)73-40-39-71(53-79(73)91)92-70-31-25-30-69(52-70)89-55-90(78-41-36-60(49-80(78)89)58-34-37-64(38-35-58)83(2,3)4)82-74(62-43-65(84(5,6)7)50-66(44-62)85(8,9)10)47-61(57-26-19-17-20-27-57)48-75(82)63-45-67(86(11,12)13)51-68(46-63)87(14,15)16;/h17-51,54H,1-16H3;/q-2;/i1D3,17D,18D,19D,20D,21D,22D,26D,27D,28D,29D;. The topological polar surface area (TPSA) is 35.9 Å². The first-order valence-corrected chi connectivity index (χ1v) is 31.4. The van der Waals surface area contributed by atoms with Crippen molar-refractivity contribution in [3.8, 4) is 84.3 Å². The average molecular weight is 1410 g/mol. The van der Waals surface area contributed by atoms with Gasteiger partial charge in [0.25, 0.3) is 6.33 Å². The van der Waals surface area contributed by atoms with Gasteiger partial charge in [-0.1, -0.05) is 261 Å². The summed E-state index contributed by atoms with van der Waals surface area (Å²) in [6, 6.07) is 53.1. The zero-order valence-corrected chi connectivity index (χ0v) is 57.8. The third kappa shape index (κ3) is 12.7. The van der Waals surface area contributed by atoms with Crippen molar-refractivity contribution < 1.29 is 48.2 Å². The molecule has 470 valence electrons. The van der Waals surface area contributed by atoms with E-state index in [1.165, 1.54) is 17.8 Å². The molecule has 0 aliphatic heterocycles. The molecule has 0 amide bonds. The summed E-state index contributed by atoms with van der Waals surface area (Å²) >= 11 is 0. The van der Waals surface area contributed by atoms with Crippen molar-refractivity contribution in [2.75, 3.05) is 0 Å². The molecule has 0 fully saturated rings. The Hall–Kier alpha value is -8.89. The van der Waals surface area contributed by atoms with Gasteiger partial charge in [-0.05, 0) is 159 Å². The summed E-state index contributed by atoms with van der Waals surface area (Å²) in [5.74, 6) is 0.789. The average Bonchev–Trinajstić information content (AvgIpc) is 1.38. The van der Waals surface area contributed by atoms with Crippen LogP contribution in [0.2, 0.25) is 0 Å². The summed E-state index contributed by atoms with van der Waals surface area (Å²) in [6.07, 6.45) is 5.17. The molecule has 0 spiro atoms. The molecule has 10 aromatic carbocycles. The third-order valence-electron chi connectivity index (χ3n) is 17.5. The fourth-order valence-corrected chi connectivity index (χ4v) is 12.0. The number of pyridine rings is 1. The van der Waals surface area contributed by atoms with Crippen LogP contribution in [-0.2, 0) is 48.1 Å². The van der Waals surface area contributed by atoms with Gasteiger partial charge in [0.05, 0.1) is 30.4 Å². The minimum absolute atomic E-state index is 0. The summed E-state index contributed by atoms with van der Waals surface area (Å²) in [7, 11) is 0. The number of imidazole rings is 1. The summed E-state index contributed by atoms with van der Waals surface area (Å²) in [5.41, 5.74) is 13.1. The number of fused-ring (bicyclic) bond motifs is 4. The van der Waals surface area contributed by atoms with Gasteiger partial charge in [-0.15, -0.1) is 29.7 Å². The number of para-hydroxylation sites is 1. The van der Waals surface area contributed by atoms with E-state index in [4.69, 9.17) is 24.8 Å². The Morgan fingerprint density at radius 1 is 0.441 bits per heavy atom. The van der Waals surface area contributed by atoms with Gasteiger partial charge in [-0.25, -0.2) is 4.98 Å². The molecule has 0 aliphatic rings. The van der Waals surface area contributed by atoms with Crippen LogP contribution in [0.3, 0.4) is 0 Å². The predicted octanol–water partition coefficient (Wildman–Crippen LogP) is 22.7. The van der Waals surface area contributed by atoms with Gasteiger partial charge in [0.2, 0.25) is 0 Å². The molecule has 0 saturated heterocycles. The molecule has 6 heteroatoms. The zero-order valence-electron chi connectivity index (χ0n) is 68.5. The smallest absolute Gasteiger partial charge is 0.268 e. The van der Waals surface area contributed by atoms with Crippen molar-refractivity contribution in [3.05, 3.63) is 270 Å². The maximum Gasteiger partial charge on any atom is 0.268 e. The molecule has 0 atom stereocenters. The van der Waals surface area contributed by atoms with Crippen LogP contribution in [0.25, 0.3) is 106 Å². The third-order valence-corrected chi connectivity index (χ3v) is 17.5. The van der Waals surface area contributed by atoms with E-state index in [-0.39, 0.29) is 94.0 Å². The second kappa shape index (κ2) is 24.2. The van der Waals surface area contributed by atoms with E-state index < -0.39 is 55.2 Å². The van der Waals surface area contributed by atoms with E-state index >= 15 is 0 Å². The Morgan fingerprint density at radius 3 is 1.56 bits per heavy atom. The minimum Gasteiger partial charge on any atom is -0.510 e. The van der Waals surface area contributed by atoms with Gasteiger partial charge in [-0.3, -0.25) is 4.57 Å². The van der Waals surface area contributed by atoms with E-state index in [0.29, 0.717) is 28.0 Å². The molecule has 0 unspecified atom stereocenters. The number of nitrogens with zero attached hydrogens (tertiary/aromatic N) is 4. The molecule has 0 N–H and O–H groups in total.